The Morgan fingerprint density at radius 2 is 1.59 bits per heavy atom. The van der Waals surface area contributed by atoms with Gasteiger partial charge in [-0.1, -0.05) is 64.1 Å². The van der Waals surface area contributed by atoms with Crippen molar-refractivity contribution in [2.75, 3.05) is 14.2 Å². The highest BCUT2D eigenvalue weighted by Crippen LogP contribution is 2.43. The Morgan fingerprint density at radius 3 is 2.12 bits per heavy atom. The predicted octanol–water partition coefficient (Wildman–Crippen LogP) is 5.52. The Morgan fingerprint density at radius 1 is 0.927 bits per heavy atom. The summed E-state index contributed by atoms with van der Waals surface area (Å²) in [4.78, 5) is 35.4. The second kappa shape index (κ2) is 13.0. The fourth-order valence-electron chi connectivity index (χ4n) is 4.25. The molecular formula is C31H36N4O5S. The van der Waals surface area contributed by atoms with Gasteiger partial charge in [0.15, 0.2) is 11.5 Å². The van der Waals surface area contributed by atoms with Crippen LogP contribution in [0.25, 0.3) is 33.2 Å². The van der Waals surface area contributed by atoms with E-state index in [4.69, 9.17) is 24.9 Å². The summed E-state index contributed by atoms with van der Waals surface area (Å²) < 4.78 is 17.1. The zero-order valence-corrected chi connectivity index (χ0v) is 24.9. The van der Waals surface area contributed by atoms with Crippen molar-refractivity contribution >= 4 is 23.2 Å². The fraction of sp³-hybridized carbons (Fsp3) is 0.323. The van der Waals surface area contributed by atoms with E-state index in [2.05, 4.69) is 10.3 Å². The first-order valence-corrected chi connectivity index (χ1v) is 14.3. The third-order valence-corrected chi connectivity index (χ3v) is 7.58. The lowest BCUT2D eigenvalue weighted by molar-refractivity contribution is -0.141. The summed E-state index contributed by atoms with van der Waals surface area (Å²) in [6, 6.07) is 15.8. The first kappa shape index (κ1) is 29.8. The predicted molar refractivity (Wildman–Crippen MR) is 161 cm³/mol. The molecular weight excluding hydrogens is 540 g/mol. The van der Waals surface area contributed by atoms with Crippen LogP contribution in [-0.4, -0.2) is 48.1 Å². The third-order valence-electron chi connectivity index (χ3n) is 6.69. The van der Waals surface area contributed by atoms with Gasteiger partial charge in [0.1, 0.15) is 11.9 Å². The molecule has 1 amide bonds. The van der Waals surface area contributed by atoms with Gasteiger partial charge in [-0.15, -0.1) is 11.3 Å². The number of rotatable bonds is 11. The number of amides is 1. The number of thiophene rings is 1. The number of hydrogen-bond acceptors (Lipinski definition) is 8. The highest BCUT2D eigenvalue weighted by Gasteiger charge is 2.31. The minimum Gasteiger partial charge on any atom is -0.493 e. The van der Waals surface area contributed by atoms with E-state index in [1.165, 1.54) is 14.2 Å². The molecule has 41 heavy (non-hydrogen) atoms. The number of esters is 1. The van der Waals surface area contributed by atoms with Gasteiger partial charge in [0.2, 0.25) is 11.7 Å². The Hall–Kier alpha value is -4.15. The quantitative estimate of drug-likeness (QED) is 0.158. The number of carbonyl (C=O) groups excluding carboxylic acids is 2. The Balaban J connectivity index is 1.70. The lowest BCUT2D eigenvalue weighted by Crippen LogP contribution is -2.53. The summed E-state index contributed by atoms with van der Waals surface area (Å²) in [5.41, 5.74) is 9.35. The van der Waals surface area contributed by atoms with Gasteiger partial charge >= 0.3 is 5.97 Å². The van der Waals surface area contributed by atoms with Crippen molar-refractivity contribution in [1.82, 2.24) is 15.3 Å². The van der Waals surface area contributed by atoms with Gasteiger partial charge in [-0.2, -0.15) is 0 Å². The van der Waals surface area contributed by atoms with Crippen LogP contribution in [0.4, 0.5) is 0 Å². The van der Waals surface area contributed by atoms with Crippen molar-refractivity contribution in [3.8, 4) is 50.5 Å². The van der Waals surface area contributed by atoms with Crippen LogP contribution < -0.4 is 25.3 Å². The topological polar surface area (TPSA) is 129 Å². The van der Waals surface area contributed by atoms with Gasteiger partial charge in [-0.05, 0) is 35.4 Å². The second-order valence-corrected chi connectivity index (χ2v) is 11.2. The highest BCUT2D eigenvalue weighted by molar-refractivity contribution is 7.13. The Bertz CT molecular complexity index is 1460. The number of imidazole rings is 1. The van der Waals surface area contributed by atoms with Crippen LogP contribution >= 0.6 is 11.3 Å². The maximum atomic E-state index is 13.3. The van der Waals surface area contributed by atoms with Gasteiger partial charge in [0.05, 0.1) is 36.5 Å². The number of carbonyl (C=O) groups is 2. The van der Waals surface area contributed by atoms with Gasteiger partial charge in [0, 0.05) is 11.1 Å². The SMILES string of the molecule is COc1cc(-c2nc(-c3ccccc3)c(-c3cccs3)[nH]2)cc(OC)c1OC(=O)[C@@H](NC(=O)[C@@H](N)C(C)C)C(C)C. The van der Waals surface area contributed by atoms with Gasteiger partial charge in [-0.3, -0.25) is 4.79 Å². The van der Waals surface area contributed by atoms with E-state index in [1.54, 1.807) is 23.5 Å². The van der Waals surface area contributed by atoms with E-state index < -0.39 is 24.0 Å². The van der Waals surface area contributed by atoms with Crippen LogP contribution in [0.15, 0.2) is 60.0 Å². The van der Waals surface area contributed by atoms with E-state index in [1.807, 2.05) is 75.5 Å². The van der Waals surface area contributed by atoms with Crippen LogP contribution in [0.5, 0.6) is 17.2 Å². The minimum atomic E-state index is -0.923. The van der Waals surface area contributed by atoms with E-state index in [0.29, 0.717) is 11.4 Å². The molecule has 4 aromatic rings. The molecule has 0 spiro atoms. The zero-order chi connectivity index (χ0) is 29.7. The van der Waals surface area contributed by atoms with Gasteiger partial charge in [0.25, 0.3) is 0 Å². The van der Waals surface area contributed by atoms with Crippen LogP contribution in [0, 0.1) is 11.8 Å². The molecule has 10 heteroatoms. The number of ether oxygens (including phenoxy) is 3. The van der Waals surface area contributed by atoms with Gasteiger partial charge in [-0.25, -0.2) is 9.78 Å². The van der Waals surface area contributed by atoms with Crippen LogP contribution in [0.3, 0.4) is 0 Å². The fourth-order valence-corrected chi connectivity index (χ4v) is 4.97. The van der Waals surface area contributed by atoms with Crippen LogP contribution in [0.2, 0.25) is 0 Å². The number of nitrogens with zero attached hydrogens (tertiary/aromatic N) is 1. The van der Waals surface area contributed by atoms with Crippen molar-refractivity contribution < 1.29 is 23.8 Å². The standard InChI is InChI=1S/C31H36N4O5S/c1-17(2)24(32)30(36)35-25(18(3)4)31(37)40-28-21(38-5)15-20(16-22(28)39-6)29-33-26(19-11-8-7-9-12-19)27(34-29)23-13-10-14-41-23/h7-18,24-25H,32H2,1-6H3,(H,33,34)(H,35,36)/t24-,25-/m0/s1. The number of benzene rings is 2. The molecule has 2 atom stereocenters. The third kappa shape index (κ3) is 6.61. The Labute approximate surface area is 244 Å². The molecule has 4 rings (SSSR count). The van der Waals surface area contributed by atoms with Crippen LogP contribution in [-0.2, 0) is 9.59 Å². The molecule has 0 aliphatic heterocycles. The molecule has 2 aromatic heterocycles. The first-order chi connectivity index (χ1) is 19.6. The summed E-state index contributed by atoms with van der Waals surface area (Å²) in [5, 5.41) is 4.75. The van der Waals surface area contributed by atoms with E-state index in [9.17, 15) is 9.59 Å². The lowest BCUT2D eigenvalue weighted by atomic mass is 10.0. The Kier molecular flexibility index (Phi) is 9.46. The average Bonchev–Trinajstić information content (AvgIpc) is 3.66. The summed E-state index contributed by atoms with van der Waals surface area (Å²) in [6.07, 6.45) is 0. The molecule has 0 radical (unpaired) electrons. The van der Waals surface area contributed by atoms with Crippen molar-refractivity contribution in [3.63, 3.8) is 0 Å². The molecule has 0 fully saturated rings. The minimum absolute atomic E-state index is 0.0871. The smallest absolute Gasteiger partial charge is 0.334 e. The number of hydrogen-bond donors (Lipinski definition) is 3. The van der Waals surface area contributed by atoms with Crippen molar-refractivity contribution in [2.45, 2.75) is 39.8 Å². The zero-order valence-electron chi connectivity index (χ0n) is 24.1. The number of nitrogens with one attached hydrogen (secondary N) is 2. The summed E-state index contributed by atoms with van der Waals surface area (Å²) in [6.45, 7) is 7.32. The normalized spacial score (nSPS) is 12.7. The molecule has 2 heterocycles. The number of aromatic amines is 1. The molecule has 0 aliphatic carbocycles. The highest BCUT2D eigenvalue weighted by atomic mass is 32.1. The molecule has 0 bridgehead atoms. The molecule has 0 saturated carbocycles. The molecule has 9 nitrogen and oxygen atoms in total. The second-order valence-electron chi connectivity index (χ2n) is 10.3. The largest absolute Gasteiger partial charge is 0.493 e. The summed E-state index contributed by atoms with van der Waals surface area (Å²) >= 11 is 1.61. The molecule has 0 aliphatic rings. The molecule has 2 aromatic carbocycles. The number of nitrogens with two attached hydrogens (primary N) is 1. The monoisotopic (exact) mass is 576 g/mol. The number of H-pyrrole nitrogens is 1. The molecule has 216 valence electrons. The lowest BCUT2D eigenvalue weighted by Gasteiger charge is -2.24. The summed E-state index contributed by atoms with van der Waals surface area (Å²) in [7, 11) is 2.96. The van der Waals surface area contributed by atoms with Crippen molar-refractivity contribution in [1.29, 1.82) is 0 Å². The number of aromatic nitrogens is 2. The number of methoxy groups -OCH3 is 2. The van der Waals surface area contributed by atoms with Crippen LogP contribution in [0.1, 0.15) is 27.7 Å². The maximum absolute atomic E-state index is 13.3. The molecule has 4 N–H and O–H groups in total. The van der Waals surface area contributed by atoms with Gasteiger partial charge < -0.3 is 30.2 Å². The first-order valence-electron chi connectivity index (χ1n) is 13.4. The average molecular weight is 577 g/mol. The van der Waals surface area contributed by atoms with E-state index in [0.717, 1.165) is 21.8 Å². The van der Waals surface area contributed by atoms with Crippen molar-refractivity contribution in [2.24, 2.45) is 17.6 Å². The molecule has 0 unspecified atom stereocenters. The van der Waals surface area contributed by atoms with Crippen molar-refractivity contribution in [3.05, 3.63) is 60.0 Å². The summed E-state index contributed by atoms with van der Waals surface area (Å²) in [5.74, 6) is -0.168. The van der Waals surface area contributed by atoms with E-state index >= 15 is 0 Å². The van der Waals surface area contributed by atoms with E-state index in [-0.39, 0.29) is 29.1 Å². The maximum Gasteiger partial charge on any atom is 0.334 e. The molecule has 0 saturated heterocycles.